The normalized spacial score (nSPS) is 51.7. The van der Waals surface area contributed by atoms with Crippen molar-refractivity contribution in [2.24, 2.45) is 11.5 Å². The molecular weight excluding hydrogens is 316 g/mol. The van der Waals surface area contributed by atoms with Gasteiger partial charge in [0.05, 0.1) is 25.3 Å². The molecule has 2 aliphatic rings. The fourth-order valence-corrected chi connectivity index (χ4v) is 2.65. The molecule has 2 rings (SSSR count). The van der Waals surface area contributed by atoms with Crippen molar-refractivity contribution in [2.75, 3.05) is 13.2 Å². The van der Waals surface area contributed by atoms with E-state index in [0.717, 1.165) is 0 Å². The molecule has 2 heterocycles. The minimum Gasteiger partial charge on any atom is -0.394 e. The van der Waals surface area contributed by atoms with Gasteiger partial charge in [0.1, 0.15) is 36.6 Å². The van der Waals surface area contributed by atoms with Crippen LogP contribution in [0.25, 0.3) is 0 Å². The second-order valence-corrected chi connectivity index (χ2v) is 5.70. The zero-order chi connectivity index (χ0) is 17.3. The molecule has 0 spiro atoms. The molecule has 0 aliphatic carbocycles. The second kappa shape index (κ2) is 7.63. The summed E-state index contributed by atoms with van der Waals surface area (Å²) in [6.07, 6.45) is -10.5. The van der Waals surface area contributed by atoms with Crippen molar-refractivity contribution in [3.63, 3.8) is 0 Å². The molecule has 0 bridgehead atoms. The van der Waals surface area contributed by atoms with Gasteiger partial charge >= 0.3 is 0 Å². The molecular formula is C12H24N2O9. The van der Waals surface area contributed by atoms with E-state index in [9.17, 15) is 25.5 Å². The lowest BCUT2D eigenvalue weighted by molar-refractivity contribution is -0.324. The molecule has 11 heteroatoms. The van der Waals surface area contributed by atoms with E-state index in [4.69, 9.17) is 30.8 Å². The van der Waals surface area contributed by atoms with Crippen molar-refractivity contribution >= 4 is 0 Å². The Morgan fingerprint density at radius 3 is 1.96 bits per heavy atom. The van der Waals surface area contributed by atoms with Gasteiger partial charge in [-0.2, -0.15) is 0 Å². The van der Waals surface area contributed by atoms with Crippen molar-refractivity contribution < 1.29 is 44.8 Å². The van der Waals surface area contributed by atoms with Gasteiger partial charge in [-0.15, -0.1) is 0 Å². The number of nitrogens with two attached hydrogens (primary N) is 2. The molecule has 0 radical (unpaired) electrons. The van der Waals surface area contributed by atoms with Crippen LogP contribution in [0.1, 0.15) is 0 Å². The van der Waals surface area contributed by atoms with Crippen LogP contribution in [-0.4, -0.2) is 105 Å². The van der Waals surface area contributed by atoms with Gasteiger partial charge in [-0.05, 0) is 0 Å². The standard InChI is InChI=1S/C12H24N2O9/c13-5-9(19)10(4(2-16)21-11(5)20)23-12-6(14)8(18)7(17)3(1-15)22-12/h3-12,15-20H,1-2,13-14H2/t3-,4-,5+,6-,7+,8-,9+,10-,11-,12+/m1/s1. The highest BCUT2D eigenvalue weighted by molar-refractivity contribution is 4.95. The monoisotopic (exact) mass is 340 g/mol. The first-order chi connectivity index (χ1) is 10.8. The highest BCUT2D eigenvalue weighted by Gasteiger charge is 2.49. The van der Waals surface area contributed by atoms with E-state index in [1.807, 2.05) is 0 Å². The molecule has 0 unspecified atom stereocenters. The molecule has 2 fully saturated rings. The lowest BCUT2D eigenvalue weighted by atomic mass is 9.95. The van der Waals surface area contributed by atoms with Gasteiger partial charge < -0.3 is 56.3 Å². The third kappa shape index (κ3) is 3.65. The Balaban J connectivity index is 2.11. The summed E-state index contributed by atoms with van der Waals surface area (Å²) < 4.78 is 15.8. The van der Waals surface area contributed by atoms with Crippen LogP contribution in [0.4, 0.5) is 0 Å². The number of hydrogen-bond acceptors (Lipinski definition) is 11. The van der Waals surface area contributed by atoms with Crippen LogP contribution in [0.2, 0.25) is 0 Å². The van der Waals surface area contributed by atoms with Gasteiger partial charge in [0, 0.05) is 0 Å². The van der Waals surface area contributed by atoms with Crippen LogP contribution in [0, 0.1) is 0 Å². The lowest BCUT2D eigenvalue weighted by Crippen LogP contribution is -2.67. The van der Waals surface area contributed by atoms with Crippen LogP contribution in [0.5, 0.6) is 0 Å². The summed E-state index contributed by atoms with van der Waals surface area (Å²) in [7, 11) is 0. The van der Waals surface area contributed by atoms with Crippen LogP contribution in [-0.2, 0) is 14.2 Å². The molecule has 0 aromatic rings. The first-order valence-corrected chi connectivity index (χ1v) is 7.23. The van der Waals surface area contributed by atoms with Crippen LogP contribution >= 0.6 is 0 Å². The molecule has 0 amide bonds. The Kier molecular flexibility index (Phi) is 6.27. The fourth-order valence-electron chi connectivity index (χ4n) is 2.65. The average Bonchev–Trinajstić information content (AvgIpc) is 2.55. The summed E-state index contributed by atoms with van der Waals surface area (Å²) in [4.78, 5) is 0. The Labute approximate surface area is 132 Å². The maximum absolute atomic E-state index is 10.1. The molecule has 23 heavy (non-hydrogen) atoms. The molecule has 0 saturated carbocycles. The van der Waals surface area contributed by atoms with Crippen molar-refractivity contribution in [3.8, 4) is 0 Å². The minimum absolute atomic E-state index is 0.581. The number of aliphatic hydroxyl groups excluding tert-OH is 6. The number of hydrogen-bond donors (Lipinski definition) is 8. The summed E-state index contributed by atoms with van der Waals surface area (Å²) in [6, 6.07) is -2.37. The highest BCUT2D eigenvalue weighted by Crippen LogP contribution is 2.27. The van der Waals surface area contributed by atoms with E-state index in [0.29, 0.717) is 0 Å². The predicted octanol–water partition coefficient (Wildman–Crippen LogP) is -5.46. The largest absolute Gasteiger partial charge is 0.394 e. The van der Waals surface area contributed by atoms with Gasteiger partial charge in [0.2, 0.25) is 0 Å². The van der Waals surface area contributed by atoms with E-state index in [-0.39, 0.29) is 0 Å². The molecule has 2 saturated heterocycles. The third-order valence-corrected chi connectivity index (χ3v) is 4.14. The van der Waals surface area contributed by atoms with Crippen LogP contribution < -0.4 is 11.5 Å². The highest BCUT2D eigenvalue weighted by atomic mass is 16.7. The number of ether oxygens (including phenoxy) is 3. The molecule has 0 aromatic heterocycles. The number of aliphatic hydroxyl groups is 6. The molecule has 10 N–H and O–H groups in total. The van der Waals surface area contributed by atoms with Crippen LogP contribution in [0.3, 0.4) is 0 Å². The summed E-state index contributed by atoms with van der Waals surface area (Å²) in [5.74, 6) is 0. The minimum atomic E-state index is -1.49. The first-order valence-electron chi connectivity index (χ1n) is 7.23. The molecule has 10 atom stereocenters. The molecule has 0 aromatic carbocycles. The molecule has 136 valence electrons. The van der Waals surface area contributed by atoms with Gasteiger partial charge in [-0.1, -0.05) is 0 Å². The zero-order valence-corrected chi connectivity index (χ0v) is 12.3. The van der Waals surface area contributed by atoms with E-state index >= 15 is 0 Å². The average molecular weight is 340 g/mol. The van der Waals surface area contributed by atoms with E-state index in [1.54, 1.807) is 0 Å². The zero-order valence-electron chi connectivity index (χ0n) is 12.3. The van der Waals surface area contributed by atoms with E-state index < -0.39 is 74.5 Å². The van der Waals surface area contributed by atoms with Gasteiger partial charge in [-0.25, -0.2) is 0 Å². The van der Waals surface area contributed by atoms with Crippen molar-refractivity contribution in [2.45, 2.75) is 61.3 Å². The summed E-state index contributed by atoms with van der Waals surface area (Å²) in [6.45, 7) is -1.17. The van der Waals surface area contributed by atoms with E-state index in [2.05, 4.69) is 0 Å². The van der Waals surface area contributed by atoms with Gasteiger partial charge in [0.15, 0.2) is 12.6 Å². The van der Waals surface area contributed by atoms with Crippen molar-refractivity contribution in [3.05, 3.63) is 0 Å². The lowest BCUT2D eigenvalue weighted by Gasteiger charge is -2.45. The Bertz CT molecular complexity index is 386. The molecule has 11 nitrogen and oxygen atoms in total. The Morgan fingerprint density at radius 1 is 0.783 bits per heavy atom. The van der Waals surface area contributed by atoms with Gasteiger partial charge in [0.25, 0.3) is 0 Å². The van der Waals surface area contributed by atoms with Crippen molar-refractivity contribution in [1.29, 1.82) is 0 Å². The maximum Gasteiger partial charge on any atom is 0.176 e. The number of rotatable bonds is 4. The maximum atomic E-state index is 10.1. The smallest absolute Gasteiger partial charge is 0.176 e. The SMILES string of the molecule is N[C@H]1[C@H](O[C@H]2[C@@H](O)[C@H](N)[C@H](O)O[C@@H]2CO)O[C@H](CO)[C@H](O)[C@@H]1O. The van der Waals surface area contributed by atoms with E-state index in [1.165, 1.54) is 0 Å². The third-order valence-electron chi connectivity index (χ3n) is 4.14. The Morgan fingerprint density at radius 2 is 1.39 bits per heavy atom. The topological polar surface area (TPSA) is 201 Å². The van der Waals surface area contributed by atoms with Crippen molar-refractivity contribution in [1.82, 2.24) is 0 Å². The van der Waals surface area contributed by atoms with Gasteiger partial charge in [-0.3, -0.25) is 0 Å². The summed E-state index contributed by atoms with van der Waals surface area (Å²) >= 11 is 0. The quantitative estimate of drug-likeness (QED) is 0.242. The summed E-state index contributed by atoms with van der Waals surface area (Å²) in [5.41, 5.74) is 11.3. The second-order valence-electron chi connectivity index (χ2n) is 5.70. The molecule has 2 aliphatic heterocycles. The van der Waals surface area contributed by atoms with Crippen LogP contribution in [0.15, 0.2) is 0 Å². The predicted molar refractivity (Wildman–Crippen MR) is 72.6 cm³/mol. The fraction of sp³-hybridized carbons (Fsp3) is 1.00. The Hall–Kier alpha value is -0.440. The first kappa shape index (κ1) is 18.9. The summed E-state index contributed by atoms with van der Waals surface area (Å²) in [5, 5.41) is 57.7.